The molecule has 0 unspecified atom stereocenters. The number of fused-ring (bicyclic) bond motifs is 1. The van der Waals surface area contributed by atoms with E-state index in [1.807, 2.05) is 0 Å². The van der Waals surface area contributed by atoms with E-state index in [0.717, 1.165) is 5.39 Å². The van der Waals surface area contributed by atoms with Gasteiger partial charge < -0.3 is 9.26 Å². The number of benzene rings is 3. The van der Waals surface area contributed by atoms with E-state index in [9.17, 15) is 12.8 Å². The summed E-state index contributed by atoms with van der Waals surface area (Å²) < 4.78 is 49.9. The van der Waals surface area contributed by atoms with E-state index in [1.54, 1.807) is 48.7 Å². The van der Waals surface area contributed by atoms with Crippen LogP contribution in [0.2, 0.25) is 5.02 Å². The zero-order valence-electron chi connectivity index (χ0n) is 18.4. The summed E-state index contributed by atoms with van der Waals surface area (Å²) in [5, 5.41) is 5.50. The molecule has 0 spiro atoms. The number of halogens is 2. The summed E-state index contributed by atoms with van der Waals surface area (Å²) in [6.07, 6.45) is 2.93. The molecule has 0 bridgehead atoms. The maximum Gasteiger partial charge on any atom is 0.184 e. The number of pyridine rings is 1. The quantitative estimate of drug-likeness (QED) is 0.266. The van der Waals surface area contributed by atoms with E-state index in [2.05, 4.69) is 10.1 Å². The Bertz CT molecular complexity index is 1650. The van der Waals surface area contributed by atoms with Crippen molar-refractivity contribution in [1.29, 1.82) is 0 Å². The van der Waals surface area contributed by atoms with Crippen LogP contribution in [0.25, 0.3) is 33.2 Å². The lowest BCUT2D eigenvalue weighted by Gasteiger charge is -2.15. The minimum absolute atomic E-state index is 0.164. The van der Waals surface area contributed by atoms with Gasteiger partial charge in [0.05, 0.1) is 23.4 Å². The molecule has 0 amide bonds. The van der Waals surface area contributed by atoms with Crippen LogP contribution >= 0.6 is 11.6 Å². The summed E-state index contributed by atoms with van der Waals surface area (Å²) in [6.45, 7) is 0. The molecule has 9 heteroatoms. The van der Waals surface area contributed by atoms with Gasteiger partial charge in [-0.2, -0.15) is 0 Å². The number of sulfone groups is 1. The van der Waals surface area contributed by atoms with Crippen molar-refractivity contribution in [1.82, 2.24) is 10.1 Å². The molecule has 0 fully saturated rings. The van der Waals surface area contributed by atoms with Crippen molar-refractivity contribution in [3.05, 3.63) is 95.7 Å². The Labute approximate surface area is 205 Å². The summed E-state index contributed by atoms with van der Waals surface area (Å²) in [7, 11) is -2.10. The van der Waals surface area contributed by atoms with E-state index in [1.165, 1.54) is 37.6 Å². The molecule has 0 saturated carbocycles. The van der Waals surface area contributed by atoms with Crippen LogP contribution in [0.1, 0.15) is 5.69 Å². The Hall–Kier alpha value is -3.75. The Morgan fingerprint density at radius 3 is 2.63 bits per heavy atom. The second-order valence-electron chi connectivity index (χ2n) is 7.84. The maximum atomic E-state index is 13.8. The number of hydrogen-bond donors (Lipinski definition) is 0. The summed E-state index contributed by atoms with van der Waals surface area (Å²) in [6, 6.07) is 17.7. The fourth-order valence-corrected chi connectivity index (χ4v) is 5.50. The van der Waals surface area contributed by atoms with Crippen molar-refractivity contribution >= 4 is 32.2 Å². The first kappa shape index (κ1) is 23.0. The van der Waals surface area contributed by atoms with Gasteiger partial charge in [-0.3, -0.25) is 4.98 Å². The molecule has 0 aliphatic rings. The first-order chi connectivity index (χ1) is 16.9. The van der Waals surface area contributed by atoms with Crippen LogP contribution in [-0.4, -0.2) is 25.7 Å². The van der Waals surface area contributed by atoms with Crippen LogP contribution in [0, 0.1) is 5.82 Å². The summed E-state index contributed by atoms with van der Waals surface area (Å²) in [5.41, 5.74) is 2.77. The molecule has 5 aromatic rings. The van der Waals surface area contributed by atoms with Gasteiger partial charge in [0, 0.05) is 33.8 Å². The van der Waals surface area contributed by atoms with Crippen LogP contribution in [0.4, 0.5) is 4.39 Å². The molecular weight excluding hydrogens is 491 g/mol. The van der Waals surface area contributed by atoms with E-state index >= 15 is 0 Å². The summed E-state index contributed by atoms with van der Waals surface area (Å²) >= 11 is 6.60. The molecule has 2 aromatic heterocycles. The van der Waals surface area contributed by atoms with Gasteiger partial charge in [0.1, 0.15) is 23.6 Å². The average molecular weight is 509 g/mol. The molecule has 2 heterocycles. The molecule has 0 atom stereocenters. The van der Waals surface area contributed by atoms with Crippen molar-refractivity contribution in [2.24, 2.45) is 0 Å². The molecule has 0 N–H and O–H groups in total. The topological polar surface area (TPSA) is 82.3 Å². The number of aromatic nitrogens is 2. The molecule has 176 valence electrons. The van der Waals surface area contributed by atoms with Crippen molar-refractivity contribution < 1.29 is 22.1 Å². The molecule has 0 saturated heterocycles. The summed E-state index contributed by atoms with van der Waals surface area (Å²) in [4.78, 5) is 4.69. The van der Waals surface area contributed by atoms with Crippen molar-refractivity contribution in [2.75, 3.05) is 7.11 Å². The van der Waals surface area contributed by atoms with Crippen LogP contribution < -0.4 is 4.74 Å². The molecule has 0 aliphatic heterocycles. The van der Waals surface area contributed by atoms with E-state index in [0.29, 0.717) is 44.2 Å². The number of ether oxygens (including phenoxy) is 1. The third kappa shape index (κ3) is 4.50. The first-order valence-corrected chi connectivity index (χ1v) is 12.5. The van der Waals surface area contributed by atoms with Gasteiger partial charge in [0.25, 0.3) is 0 Å². The predicted molar refractivity (Wildman–Crippen MR) is 132 cm³/mol. The second-order valence-corrected chi connectivity index (χ2v) is 10.2. The Morgan fingerprint density at radius 2 is 1.89 bits per heavy atom. The fraction of sp³-hybridized carbons (Fsp3) is 0.0769. The third-order valence-electron chi connectivity index (χ3n) is 5.60. The molecular formula is C26H18ClFN2O4S. The highest BCUT2D eigenvalue weighted by Crippen LogP contribution is 2.41. The van der Waals surface area contributed by atoms with Crippen LogP contribution in [0.15, 0.2) is 88.6 Å². The predicted octanol–water partition coefficient (Wildman–Crippen LogP) is 6.33. The smallest absolute Gasteiger partial charge is 0.184 e. The van der Waals surface area contributed by atoms with Crippen molar-refractivity contribution in [3.8, 4) is 28.1 Å². The highest BCUT2D eigenvalue weighted by atomic mass is 35.5. The standard InChI is InChI=1S/C26H18ClFN2O4S/c1-33-25-14-22(16-3-2-4-18(28)11-16)24(27)13-23(25)26-21-6-5-20(12-17(21)7-9-29-26)35(31,32)15-19-8-10-34-30-19/h2-14H,15H2,1H3. The number of methoxy groups -OCH3 is 1. The third-order valence-corrected chi connectivity index (χ3v) is 7.56. The van der Waals surface area contributed by atoms with Crippen LogP contribution in [-0.2, 0) is 15.6 Å². The zero-order valence-corrected chi connectivity index (χ0v) is 20.0. The maximum absolute atomic E-state index is 13.8. The van der Waals surface area contributed by atoms with Gasteiger partial charge in [-0.05, 0) is 53.4 Å². The zero-order chi connectivity index (χ0) is 24.6. The SMILES string of the molecule is COc1cc(-c2cccc(F)c2)c(Cl)cc1-c1nccc2cc(S(=O)(=O)Cc3ccon3)ccc12. The van der Waals surface area contributed by atoms with Crippen LogP contribution in [0.3, 0.4) is 0 Å². The fourth-order valence-electron chi connectivity index (χ4n) is 3.94. The Morgan fingerprint density at radius 1 is 1.03 bits per heavy atom. The highest BCUT2D eigenvalue weighted by molar-refractivity contribution is 7.90. The second kappa shape index (κ2) is 9.13. The van der Waals surface area contributed by atoms with Gasteiger partial charge in [-0.1, -0.05) is 35.0 Å². The van der Waals surface area contributed by atoms with E-state index < -0.39 is 9.84 Å². The lowest BCUT2D eigenvalue weighted by Crippen LogP contribution is -2.05. The molecule has 5 rings (SSSR count). The minimum atomic E-state index is -3.63. The molecule has 3 aromatic carbocycles. The van der Waals surface area contributed by atoms with Gasteiger partial charge in [0.15, 0.2) is 9.84 Å². The van der Waals surface area contributed by atoms with Crippen molar-refractivity contribution in [3.63, 3.8) is 0 Å². The van der Waals surface area contributed by atoms with E-state index in [-0.39, 0.29) is 16.5 Å². The number of nitrogens with zero attached hydrogens (tertiary/aromatic N) is 2. The Balaban J connectivity index is 1.60. The van der Waals surface area contributed by atoms with E-state index in [4.69, 9.17) is 20.9 Å². The normalized spacial score (nSPS) is 11.6. The lowest BCUT2D eigenvalue weighted by atomic mass is 9.98. The number of hydrogen-bond acceptors (Lipinski definition) is 6. The van der Waals surface area contributed by atoms with Gasteiger partial charge >= 0.3 is 0 Å². The molecule has 6 nitrogen and oxygen atoms in total. The van der Waals surface area contributed by atoms with Gasteiger partial charge in [-0.15, -0.1) is 0 Å². The molecule has 0 radical (unpaired) electrons. The summed E-state index contributed by atoms with van der Waals surface area (Å²) in [5.74, 6) is -0.138. The minimum Gasteiger partial charge on any atom is -0.496 e. The molecule has 0 aliphatic carbocycles. The van der Waals surface area contributed by atoms with Crippen molar-refractivity contribution in [2.45, 2.75) is 10.6 Å². The molecule has 35 heavy (non-hydrogen) atoms. The largest absolute Gasteiger partial charge is 0.496 e. The average Bonchev–Trinajstić information content (AvgIpc) is 3.35. The highest BCUT2D eigenvalue weighted by Gasteiger charge is 2.20. The first-order valence-electron chi connectivity index (χ1n) is 10.5. The lowest BCUT2D eigenvalue weighted by molar-refractivity contribution is 0.413. The van der Waals surface area contributed by atoms with Gasteiger partial charge in [0.2, 0.25) is 0 Å². The van der Waals surface area contributed by atoms with Crippen LogP contribution in [0.5, 0.6) is 5.75 Å². The monoisotopic (exact) mass is 508 g/mol. The number of rotatable bonds is 6. The Kier molecular flexibility index (Phi) is 6.00. The van der Waals surface area contributed by atoms with Gasteiger partial charge in [-0.25, -0.2) is 12.8 Å².